The molecule has 1 aromatic rings. The second-order valence-electron chi connectivity index (χ2n) is 3.77. The van der Waals surface area contributed by atoms with Crippen molar-refractivity contribution in [3.05, 3.63) is 29.3 Å². The molecule has 0 aliphatic carbocycles. The number of rotatable bonds is 6. The highest BCUT2D eigenvalue weighted by molar-refractivity contribution is 5.72. The van der Waals surface area contributed by atoms with Gasteiger partial charge in [-0.1, -0.05) is 6.92 Å². The molecule has 2 N–H and O–H groups in total. The molecule has 0 amide bonds. The third-order valence-electron chi connectivity index (χ3n) is 2.28. The van der Waals surface area contributed by atoms with E-state index in [0.29, 0.717) is 18.7 Å². The topological polar surface area (TPSA) is 58.6 Å². The lowest BCUT2D eigenvalue weighted by Gasteiger charge is -2.13. The summed E-state index contributed by atoms with van der Waals surface area (Å²) in [7, 11) is 0. The minimum Gasteiger partial charge on any atom is -0.479 e. The SMILES string of the molecule is CCNCc1cc(F)c(OC(C)C(=O)O)c(F)c1. The lowest BCUT2D eigenvalue weighted by Crippen LogP contribution is -2.24. The van der Waals surface area contributed by atoms with Crippen LogP contribution in [0.15, 0.2) is 12.1 Å². The number of carbonyl (C=O) groups is 1. The number of nitrogens with one attached hydrogen (secondary N) is 1. The molecule has 0 heterocycles. The van der Waals surface area contributed by atoms with Crippen LogP contribution in [0.5, 0.6) is 5.75 Å². The molecule has 18 heavy (non-hydrogen) atoms. The molecule has 0 spiro atoms. The first-order valence-electron chi connectivity index (χ1n) is 5.53. The molecule has 1 unspecified atom stereocenters. The first kappa shape index (κ1) is 14.4. The van der Waals surface area contributed by atoms with E-state index in [9.17, 15) is 13.6 Å². The third kappa shape index (κ3) is 3.66. The van der Waals surface area contributed by atoms with Gasteiger partial charge in [-0.2, -0.15) is 0 Å². The Morgan fingerprint density at radius 2 is 2.00 bits per heavy atom. The summed E-state index contributed by atoms with van der Waals surface area (Å²) in [5, 5.41) is 11.5. The van der Waals surface area contributed by atoms with E-state index in [2.05, 4.69) is 5.32 Å². The van der Waals surface area contributed by atoms with E-state index < -0.39 is 29.5 Å². The molecule has 0 aliphatic rings. The van der Waals surface area contributed by atoms with E-state index in [1.807, 2.05) is 6.92 Å². The fourth-order valence-electron chi connectivity index (χ4n) is 1.32. The second kappa shape index (κ2) is 6.30. The Labute approximate surface area is 104 Å². The van der Waals surface area contributed by atoms with Crippen LogP contribution < -0.4 is 10.1 Å². The summed E-state index contributed by atoms with van der Waals surface area (Å²) in [6.07, 6.45) is -1.31. The van der Waals surface area contributed by atoms with Crippen LogP contribution >= 0.6 is 0 Å². The average molecular weight is 259 g/mol. The van der Waals surface area contributed by atoms with E-state index in [-0.39, 0.29) is 0 Å². The van der Waals surface area contributed by atoms with Crippen LogP contribution in [0.2, 0.25) is 0 Å². The number of benzene rings is 1. The Hall–Kier alpha value is -1.69. The molecule has 0 saturated carbocycles. The number of carboxylic acids is 1. The van der Waals surface area contributed by atoms with E-state index in [0.717, 1.165) is 12.1 Å². The van der Waals surface area contributed by atoms with Crippen molar-refractivity contribution < 1.29 is 23.4 Å². The van der Waals surface area contributed by atoms with Gasteiger partial charge in [0.15, 0.2) is 23.5 Å². The summed E-state index contributed by atoms with van der Waals surface area (Å²) in [5.41, 5.74) is 0.433. The number of hydrogen-bond donors (Lipinski definition) is 2. The van der Waals surface area contributed by atoms with Crippen LogP contribution in [0.1, 0.15) is 19.4 Å². The van der Waals surface area contributed by atoms with Crippen LogP contribution in [-0.2, 0) is 11.3 Å². The van der Waals surface area contributed by atoms with Gasteiger partial charge < -0.3 is 15.2 Å². The highest BCUT2D eigenvalue weighted by atomic mass is 19.1. The van der Waals surface area contributed by atoms with Crippen LogP contribution in [0.3, 0.4) is 0 Å². The Morgan fingerprint density at radius 1 is 1.44 bits per heavy atom. The van der Waals surface area contributed by atoms with E-state index in [1.165, 1.54) is 6.92 Å². The first-order valence-corrected chi connectivity index (χ1v) is 5.53. The van der Waals surface area contributed by atoms with Crippen molar-refractivity contribution >= 4 is 5.97 Å². The lowest BCUT2D eigenvalue weighted by molar-refractivity contribution is -0.144. The monoisotopic (exact) mass is 259 g/mol. The zero-order valence-electron chi connectivity index (χ0n) is 10.2. The Balaban J connectivity index is 2.90. The minimum atomic E-state index is -1.31. The zero-order valence-corrected chi connectivity index (χ0v) is 10.2. The minimum absolute atomic E-state index is 0.332. The van der Waals surface area contributed by atoms with Gasteiger partial charge in [-0.05, 0) is 31.2 Å². The molecule has 1 aromatic carbocycles. The summed E-state index contributed by atoms with van der Waals surface area (Å²) in [5.74, 6) is -3.76. The normalized spacial score (nSPS) is 12.2. The zero-order chi connectivity index (χ0) is 13.7. The van der Waals surface area contributed by atoms with Gasteiger partial charge >= 0.3 is 5.97 Å². The molecule has 0 aromatic heterocycles. The predicted molar refractivity (Wildman–Crippen MR) is 61.5 cm³/mol. The molecule has 0 radical (unpaired) electrons. The van der Waals surface area contributed by atoms with Crippen molar-refractivity contribution in [3.63, 3.8) is 0 Å². The summed E-state index contributed by atoms with van der Waals surface area (Å²) < 4.78 is 31.9. The smallest absolute Gasteiger partial charge is 0.344 e. The van der Waals surface area contributed by atoms with E-state index in [1.54, 1.807) is 0 Å². The molecule has 1 atom stereocenters. The van der Waals surface area contributed by atoms with E-state index in [4.69, 9.17) is 9.84 Å². The van der Waals surface area contributed by atoms with Gasteiger partial charge in [0.05, 0.1) is 0 Å². The molecule has 0 aliphatic heterocycles. The molecular weight excluding hydrogens is 244 g/mol. The highest BCUT2D eigenvalue weighted by Gasteiger charge is 2.19. The van der Waals surface area contributed by atoms with Crippen molar-refractivity contribution in [1.29, 1.82) is 0 Å². The second-order valence-corrected chi connectivity index (χ2v) is 3.77. The van der Waals surface area contributed by atoms with Crippen molar-refractivity contribution in [2.24, 2.45) is 0 Å². The van der Waals surface area contributed by atoms with Crippen molar-refractivity contribution in [3.8, 4) is 5.75 Å². The van der Waals surface area contributed by atoms with E-state index >= 15 is 0 Å². The summed E-state index contributed by atoms with van der Waals surface area (Å²) >= 11 is 0. The fraction of sp³-hybridized carbons (Fsp3) is 0.417. The molecule has 1 rings (SSSR count). The molecule has 0 fully saturated rings. The molecule has 6 heteroatoms. The predicted octanol–water partition coefficient (Wildman–Crippen LogP) is 1.93. The van der Waals surface area contributed by atoms with Crippen molar-refractivity contribution in [1.82, 2.24) is 5.32 Å². The molecule has 0 saturated heterocycles. The van der Waals surface area contributed by atoms with Crippen LogP contribution in [-0.4, -0.2) is 23.7 Å². The van der Waals surface area contributed by atoms with Gasteiger partial charge in [-0.25, -0.2) is 13.6 Å². The number of carboxylic acid groups (broad SMARTS) is 1. The van der Waals surface area contributed by atoms with Crippen molar-refractivity contribution in [2.75, 3.05) is 6.54 Å². The van der Waals surface area contributed by atoms with Gasteiger partial charge in [0.2, 0.25) is 0 Å². The quantitative estimate of drug-likeness (QED) is 0.819. The Kier molecular flexibility index (Phi) is 5.03. The number of aliphatic carboxylic acids is 1. The van der Waals surface area contributed by atoms with Crippen LogP contribution in [0, 0.1) is 11.6 Å². The van der Waals surface area contributed by atoms with Gasteiger partial charge in [0.25, 0.3) is 0 Å². The molecule has 100 valence electrons. The molecular formula is C12H15F2NO3. The molecule has 0 bridgehead atoms. The van der Waals surface area contributed by atoms with Gasteiger partial charge in [0, 0.05) is 6.54 Å². The van der Waals surface area contributed by atoms with Crippen LogP contribution in [0.25, 0.3) is 0 Å². The maximum atomic E-state index is 13.6. The lowest BCUT2D eigenvalue weighted by atomic mass is 10.2. The number of ether oxygens (including phenoxy) is 1. The van der Waals surface area contributed by atoms with Crippen LogP contribution in [0.4, 0.5) is 8.78 Å². The fourth-order valence-corrected chi connectivity index (χ4v) is 1.32. The maximum Gasteiger partial charge on any atom is 0.344 e. The summed E-state index contributed by atoms with van der Waals surface area (Å²) in [6, 6.07) is 2.24. The van der Waals surface area contributed by atoms with Gasteiger partial charge in [-0.15, -0.1) is 0 Å². The Morgan fingerprint density at radius 3 is 2.44 bits per heavy atom. The van der Waals surface area contributed by atoms with Crippen molar-refractivity contribution in [2.45, 2.75) is 26.5 Å². The van der Waals surface area contributed by atoms with Gasteiger partial charge in [0.1, 0.15) is 0 Å². The number of hydrogen-bond acceptors (Lipinski definition) is 3. The molecule has 4 nitrogen and oxygen atoms in total. The summed E-state index contributed by atoms with van der Waals surface area (Å²) in [4.78, 5) is 10.6. The largest absolute Gasteiger partial charge is 0.479 e. The standard InChI is InChI=1S/C12H15F2NO3/c1-3-15-6-8-4-9(13)11(10(14)5-8)18-7(2)12(16)17/h4-5,7,15H,3,6H2,1-2H3,(H,16,17). The maximum absolute atomic E-state index is 13.6. The van der Waals surface area contributed by atoms with Gasteiger partial charge in [-0.3, -0.25) is 0 Å². The average Bonchev–Trinajstić information content (AvgIpc) is 2.30. The first-order chi connectivity index (χ1) is 8.45. The summed E-state index contributed by atoms with van der Waals surface area (Å²) in [6.45, 7) is 4.09. The Bertz CT molecular complexity index is 414. The number of halogens is 2. The third-order valence-corrected chi connectivity index (χ3v) is 2.28. The highest BCUT2D eigenvalue weighted by Crippen LogP contribution is 2.24.